The minimum atomic E-state index is -3.17. The highest BCUT2D eigenvalue weighted by atomic mass is 32.2. The molecule has 0 unspecified atom stereocenters. The van der Waals surface area contributed by atoms with Gasteiger partial charge in [-0.3, -0.25) is 4.98 Å². The first kappa shape index (κ1) is 16.3. The average molecular weight is 355 g/mol. The topological polar surface area (TPSA) is 56.3 Å². The normalized spacial score (nSPS) is 18.6. The summed E-state index contributed by atoms with van der Waals surface area (Å²) in [5, 5.41) is 0. The molecule has 0 bridgehead atoms. The molecule has 0 amide bonds. The Morgan fingerprint density at radius 2 is 1.68 bits per heavy atom. The van der Waals surface area contributed by atoms with E-state index in [4.69, 9.17) is 4.74 Å². The molecular formula is C20H21NO3S. The van der Waals surface area contributed by atoms with Crippen molar-refractivity contribution in [1.29, 1.82) is 0 Å². The molecule has 1 aromatic carbocycles. The van der Waals surface area contributed by atoms with E-state index in [1.807, 2.05) is 24.3 Å². The average Bonchev–Trinajstić information content (AvgIpc) is 3.25. The van der Waals surface area contributed by atoms with E-state index in [-0.39, 0.29) is 0 Å². The molecule has 25 heavy (non-hydrogen) atoms. The van der Waals surface area contributed by atoms with Gasteiger partial charge < -0.3 is 4.74 Å². The molecule has 1 aromatic heterocycles. The molecule has 0 atom stereocenters. The molecule has 130 valence electrons. The van der Waals surface area contributed by atoms with Crippen molar-refractivity contribution in [1.82, 2.24) is 4.98 Å². The smallest absolute Gasteiger partial charge is 0.175 e. The van der Waals surface area contributed by atoms with Gasteiger partial charge in [0.25, 0.3) is 0 Å². The van der Waals surface area contributed by atoms with Gasteiger partial charge in [0, 0.05) is 6.26 Å². The number of pyridine rings is 1. The van der Waals surface area contributed by atoms with Gasteiger partial charge in [-0.1, -0.05) is 12.1 Å². The monoisotopic (exact) mass is 355 g/mol. The Bertz CT molecular complexity index is 937. The van der Waals surface area contributed by atoms with Gasteiger partial charge in [0.2, 0.25) is 0 Å². The molecule has 1 fully saturated rings. The molecule has 4 nitrogen and oxygen atoms in total. The first-order valence-electron chi connectivity index (χ1n) is 8.43. The lowest BCUT2D eigenvalue weighted by Crippen LogP contribution is -1.97. The largest absolute Gasteiger partial charge is 0.495 e. The molecule has 0 saturated heterocycles. The third kappa shape index (κ3) is 3.09. The zero-order valence-corrected chi connectivity index (χ0v) is 15.3. The summed E-state index contributed by atoms with van der Waals surface area (Å²) < 4.78 is 28.6. The maximum Gasteiger partial charge on any atom is 0.175 e. The molecule has 1 spiro atoms. The van der Waals surface area contributed by atoms with Crippen LogP contribution >= 0.6 is 0 Å². The number of aromatic nitrogens is 1. The third-order valence-electron chi connectivity index (χ3n) is 5.34. The number of rotatable bonds is 4. The van der Waals surface area contributed by atoms with Crippen molar-refractivity contribution < 1.29 is 13.2 Å². The summed E-state index contributed by atoms with van der Waals surface area (Å²) in [6, 6.07) is 11.2. The van der Waals surface area contributed by atoms with Crippen LogP contribution in [0, 0.1) is 5.41 Å². The lowest BCUT2D eigenvalue weighted by atomic mass is 9.99. The Morgan fingerprint density at radius 3 is 2.20 bits per heavy atom. The van der Waals surface area contributed by atoms with Crippen molar-refractivity contribution >= 4 is 21.0 Å². The summed E-state index contributed by atoms with van der Waals surface area (Å²) in [6.45, 7) is 0. The maximum atomic E-state index is 11.7. The van der Waals surface area contributed by atoms with Crippen LogP contribution in [0.1, 0.15) is 36.9 Å². The van der Waals surface area contributed by atoms with Crippen LogP contribution < -0.4 is 4.74 Å². The second kappa shape index (κ2) is 5.70. The molecule has 4 rings (SSSR count). The van der Waals surface area contributed by atoms with Gasteiger partial charge in [-0.2, -0.15) is 0 Å². The van der Waals surface area contributed by atoms with E-state index in [1.165, 1.54) is 30.2 Å². The van der Waals surface area contributed by atoms with E-state index in [0.717, 1.165) is 29.8 Å². The fourth-order valence-electron chi connectivity index (χ4n) is 3.66. The van der Waals surface area contributed by atoms with Crippen LogP contribution in [-0.2, 0) is 9.84 Å². The number of sulfone groups is 1. The summed E-state index contributed by atoms with van der Waals surface area (Å²) in [5.74, 6) is 0.752. The van der Waals surface area contributed by atoms with Crippen LogP contribution in [0.4, 0.5) is 0 Å². The molecule has 1 heterocycles. The molecule has 0 N–H and O–H groups in total. The van der Waals surface area contributed by atoms with Crippen molar-refractivity contribution in [2.75, 3.05) is 13.4 Å². The number of benzene rings is 1. The highest BCUT2D eigenvalue weighted by molar-refractivity contribution is 7.90. The summed E-state index contributed by atoms with van der Waals surface area (Å²) in [6.07, 6.45) is 7.62. The van der Waals surface area contributed by atoms with E-state index in [9.17, 15) is 8.42 Å². The first-order chi connectivity index (χ1) is 11.9. The number of nitrogens with zero attached hydrogens (tertiary/aromatic N) is 1. The van der Waals surface area contributed by atoms with Gasteiger partial charge in [0.05, 0.1) is 23.9 Å². The highest BCUT2D eigenvalue weighted by Gasteiger charge is 2.48. The quantitative estimate of drug-likeness (QED) is 0.832. The van der Waals surface area contributed by atoms with Crippen molar-refractivity contribution in [3.05, 3.63) is 53.9 Å². The van der Waals surface area contributed by atoms with Crippen LogP contribution in [0.25, 0.3) is 11.1 Å². The summed E-state index contributed by atoms with van der Waals surface area (Å²) in [7, 11) is -1.53. The van der Waals surface area contributed by atoms with Gasteiger partial charge in [-0.25, -0.2) is 8.42 Å². The Labute approximate surface area is 148 Å². The fraction of sp³-hybridized carbons (Fsp3) is 0.350. The maximum absolute atomic E-state index is 11.7. The third-order valence-corrected chi connectivity index (χ3v) is 6.47. The Morgan fingerprint density at radius 1 is 1.00 bits per heavy atom. The fourth-order valence-corrected chi connectivity index (χ4v) is 4.29. The van der Waals surface area contributed by atoms with Crippen molar-refractivity contribution in [3.8, 4) is 5.75 Å². The second-order valence-electron chi connectivity index (χ2n) is 7.19. The minimum Gasteiger partial charge on any atom is -0.495 e. The Balaban J connectivity index is 1.75. The highest BCUT2D eigenvalue weighted by Crippen LogP contribution is 2.63. The van der Waals surface area contributed by atoms with E-state index in [2.05, 4.69) is 4.98 Å². The van der Waals surface area contributed by atoms with Gasteiger partial charge in [-0.15, -0.1) is 0 Å². The van der Waals surface area contributed by atoms with E-state index in [0.29, 0.717) is 10.3 Å². The Hall–Kier alpha value is -2.14. The molecular weight excluding hydrogens is 334 g/mol. The number of ether oxygens (including phenoxy) is 1. The van der Waals surface area contributed by atoms with Gasteiger partial charge in [0.15, 0.2) is 9.84 Å². The number of methoxy groups -OCH3 is 1. The van der Waals surface area contributed by atoms with Crippen LogP contribution in [0.5, 0.6) is 5.75 Å². The van der Waals surface area contributed by atoms with E-state index in [1.54, 1.807) is 25.4 Å². The van der Waals surface area contributed by atoms with Gasteiger partial charge in [-0.05, 0) is 72.1 Å². The van der Waals surface area contributed by atoms with Crippen LogP contribution in [-0.4, -0.2) is 26.8 Å². The molecule has 0 aliphatic heterocycles. The van der Waals surface area contributed by atoms with Crippen molar-refractivity contribution in [2.45, 2.75) is 30.6 Å². The first-order valence-corrected chi connectivity index (χ1v) is 10.3. The van der Waals surface area contributed by atoms with E-state index >= 15 is 0 Å². The summed E-state index contributed by atoms with van der Waals surface area (Å²) in [5.41, 5.74) is 5.08. The van der Waals surface area contributed by atoms with Crippen molar-refractivity contribution in [2.24, 2.45) is 5.41 Å². The Kier molecular flexibility index (Phi) is 3.72. The van der Waals surface area contributed by atoms with E-state index < -0.39 is 9.84 Å². The van der Waals surface area contributed by atoms with Gasteiger partial charge in [0.1, 0.15) is 5.75 Å². The molecule has 5 heteroatoms. The minimum absolute atomic E-state index is 0.361. The molecule has 2 aliphatic carbocycles. The predicted molar refractivity (Wildman–Crippen MR) is 98.1 cm³/mol. The molecule has 1 saturated carbocycles. The molecule has 2 aromatic rings. The lowest BCUT2D eigenvalue weighted by Gasteiger charge is -2.09. The van der Waals surface area contributed by atoms with Gasteiger partial charge >= 0.3 is 0 Å². The standard InChI is InChI=1S/C20H21NO3S/c1-24-15-5-8-19(21-13-15)18-12-20(9-10-20)11-17(18)14-3-6-16(7-4-14)25(2,22)23/h3-8,13H,9-12H2,1-2H3. The van der Waals surface area contributed by atoms with Crippen LogP contribution in [0.15, 0.2) is 47.5 Å². The van der Waals surface area contributed by atoms with Crippen LogP contribution in [0.2, 0.25) is 0 Å². The molecule has 2 aliphatic rings. The van der Waals surface area contributed by atoms with Crippen molar-refractivity contribution in [3.63, 3.8) is 0 Å². The van der Waals surface area contributed by atoms with Crippen LogP contribution in [0.3, 0.4) is 0 Å². The zero-order valence-electron chi connectivity index (χ0n) is 14.5. The summed E-state index contributed by atoms with van der Waals surface area (Å²) in [4.78, 5) is 4.94. The summed E-state index contributed by atoms with van der Waals surface area (Å²) >= 11 is 0. The number of hydrogen-bond acceptors (Lipinski definition) is 4. The second-order valence-corrected chi connectivity index (χ2v) is 9.21. The molecule has 0 radical (unpaired) electrons. The number of allylic oxidation sites excluding steroid dienone is 2. The lowest BCUT2D eigenvalue weighted by molar-refractivity contribution is 0.413. The zero-order chi connectivity index (χ0) is 17.7. The predicted octanol–water partition coefficient (Wildman–Crippen LogP) is 3.98. The SMILES string of the molecule is COc1ccc(C2=C(c3ccc(S(C)(=O)=O)cc3)CC3(CC3)C2)nc1. The number of hydrogen-bond donors (Lipinski definition) is 0.